The van der Waals surface area contributed by atoms with Gasteiger partial charge in [-0.15, -0.1) is 0 Å². The molecule has 3 aromatic heterocycles. The van der Waals surface area contributed by atoms with Crippen molar-refractivity contribution in [1.29, 1.82) is 0 Å². The molecule has 6 heterocycles. The summed E-state index contributed by atoms with van der Waals surface area (Å²) in [6, 6.07) is 17.2. The van der Waals surface area contributed by atoms with Crippen LogP contribution in [0.1, 0.15) is 83.6 Å². The van der Waals surface area contributed by atoms with E-state index in [1.807, 2.05) is 71.1 Å². The Hall–Kier alpha value is -4.81. The van der Waals surface area contributed by atoms with Gasteiger partial charge in [0.25, 0.3) is 5.91 Å². The third-order valence-electron chi connectivity index (χ3n) is 12.9. The molecule has 0 spiro atoms. The Morgan fingerprint density at radius 3 is 2.63 bits per heavy atom. The molecule has 2 aromatic carbocycles. The highest BCUT2D eigenvalue weighted by atomic mass is 32.1. The lowest BCUT2D eigenvalue weighted by Gasteiger charge is -2.34. The highest BCUT2D eigenvalue weighted by Gasteiger charge is 2.64. The fraction of sp³-hybridized carbons (Fsp3) is 0.500. The number of carboxylic acid groups (broad SMARTS) is 1. The molecule has 1 amide bonds. The fourth-order valence-corrected chi connectivity index (χ4v) is 10.6. The van der Waals surface area contributed by atoms with Gasteiger partial charge in [0.15, 0.2) is 10.8 Å². The molecule has 0 saturated carbocycles. The van der Waals surface area contributed by atoms with Gasteiger partial charge in [-0.3, -0.25) is 19.7 Å². The molecule has 2 saturated heterocycles. The maximum Gasteiger partial charge on any atom is 0.355 e. The molecule has 0 bridgehead atoms. The maximum absolute atomic E-state index is 13.6. The van der Waals surface area contributed by atoms with Crippen LogP contribution < -0.4 is 15.5 Å². The smallest absolute Gasteiger partial charge is 0.355 e. The summed E-state index contributed by atoms with van der Waals surface area (Å²) in [4.78, 5) is 40.3. The number of ether oxygens (including phenoxy) is 1. The second-order valence-electron chi connectivity index (χ2n) is 17.5. The number of carbonyl (C=O) groups is 2. The van der Waals surface area contributed by atoms with E-state index in [1.54, 1.807) is 6.20 Å². The van der Waals surface area contributed by atoms with E-state index in [4.69, 9.17) is 19.9 Å². The van der Waals surface area contributed by atoms with Crippen LogP contribution in [-0.4, -0.2) is 126 Å². The molecule has 0 radical (unpaired) electrons. The first-order chi connectivity index (χ1) is 29.9. The van der Waals surface area contributed by atoms with Crippen LogP contribution in [0.15, 0.2) is 60.8 Å². The van der Waals surface area contributed by atoms with Crippen molar-refractivity contribution in [1.82, 2.24) is 30.0 Å². The van der Waals surface area contributed by atoms with Crippen LogP contribution in [0, 0.1) is 12.8 Å². The van der Waals surface area contributed by atoms with Crippen molar-refractivity contribution >= 4 is 44.4 Å². The van der Waals surface area contributed by atoms with Crippen molar-refractivity contribution in [3.63, 3.8) is 0 Å². The standard InChI is InChI=1S/C46H58N8O7S/c1-4-8-29(2)21-46(61-20-18-47-17-15-37(56)38(57)24-55)25-45(26-53(45)28-46)27-54-30(3)34(22-48-54)32-13-14-40(50-41(32)43(59)60)52-19-16-31-9-7-10-33(35(31)23-52)42(58)51-44-49-36-11-5-6-12-39(36)62-44/h5-7,9-14,22,29,37-38,47,55-57H,4,8,15-21,23-28H2,1-3H3,(H,59,60)(H,49,51,58)/t29?,37-,38+,45?,46?,53?/m0/s1. The normalized spacial score (nSPS) is 22.0. The maximum atomic E-state index is 13.6. The van der Waals surface area contributed by atoms with Gasteiger partial charge in [0, 0.05) is 55.1 Å². The number of hydrogen-bond acceptors (Lipinski definition) is 13. The number of aromatic carboxylic acids is 1. The first-order valence-electron chi connectivity index (χ1n) is 21.8. The van der Waals surface area contributed by atoms with Crippen molar-refractivity contribution in [3.05, 3.63) is 88.9 Å². The largest absolute Gasteiger partial charge is 0.476 e. The molecule has 6 atom stereocenters. The lowest BCUT2D eigenvalue weighted by molar-refractivity contribution is -0.0568. The zero-order chi connectivity index (χ0) is 43.6. The number of rotatable bonds is 20. The number of benzene rings is 2. The minimum Gasteiger partial charge on any atom is -0.476 e. The number of nitrogens with one attached hydrogen (secondary N) is 2. The first-order valence-corrected chi connectivity index (χ1v) is 22.6. The van der Waals surface area contributed by atoms with Gasteiger partial charge in [0.1, 0.15) is 11.9 Å². The predicted octanol–water partition coefficient (Wildman–Crippen LogP) is 5.11. The molecule has 16 heteroatoms. The Labute approximate surface area is 365 Å². The van der Waals surface area contributed by atoms with Gasteiger partial charge in [-0.1, -0.05) is 62.3 Å². The molecule has 0 aliphatic carbocycles. The Morgan fingerprint density at radius 1 is 1.00 bits per heavy atom. The molecule has 3 aliphatic heterocycles. The van der Waals surface area contributed by atoms with E-state index in [0.29, 0.717) is 80.2 Å². The molecule has 330 valence electrons. The van der Waals surface area contributed by atoms with Gasteiger partial charge >= 0.3 is 5.97 Å². The molecular formula is C46H58N8O7S. The molecule has 6 N–H and O–H groups in total. The number of aliphatic hydroxyl groups excluding tert-OH is 3. The van der Waals surface area contributed by atoms with Gasteiger partial charge in [0.2, 0.25) is 0 Å². The van der Waals surface area contributed by atoms with E-state index in [2.05, 4.69) is 34.4 Å². The Balaban J connectivity index is 0.946. The Bertz CT molecular complexity index is 2370. The predicted molar refractivity (Wildman–Crippen MR) is 239 cm³/mol. The van der Waals surface area contributed by atoms with Crippen molar-refractivity contribution in [2.24, 2.45) is 5.92 Å². The van der Waals surface area contributed by atoms with E-state index < -0.39 is 24.8 Å². The van der Waals surface area contributed by atoms with Crippen LogP contribution in [0.2, 0.25) is 0 Å². The lowest BCUT2D eigenvalue weighted by Crippen LogP contribution is -2.41. The quantitative estimate of drug-likeness (QED) is 0.0447. The van der Waals surface area contributed by atoms with Crippen LogP contribution in [0.5, 0.6) is 0 Å². The SMILES string of the molecule is CCCC(C)CC1(OCCNCC[C@H](O)[C@H](O)CO)CN2CC2(Cn2ncc(-c3ccc(N4CCc5cccc(C(=O)Nc6nc7ccccc7s6)c5C4)nc3C(=O)O)c2C)C1. The number of amides is 1. The number of fused-ring (bicyclic) bond motifs is 3. The molecule has 3 aliphatic rings. The van der Waals surface area contributed by atoms with Crippen LogP contribution >= 0.6 is 11.3 Å². The number of nitrogens with zero attached hydrogens (tertiary/aromatic N) is 6. The summed E-state index contributed by atoms with van der Waals surface area (Å²) in [6.07, 6.45) is 4.69. The number of piperidine rings is 1. The number of carbonyl (C=O) groups excluding carboxylic acids is 1. The Kier molecular flexibility index (Phi) is 13.1. The Morgan fingerprint density at radius 2 is 1.84 bits per heavy atom. The van der Waals surface area contributed by atoms with Gasteiger partial charge in [-0.2, -0.15) is 5.10 Å². The summed E-state index contributed by atoms with van der Waals surface area (Å²) in [5, 5.41) is 50.8. The van der Waals surface area contributed by atoms with E-state index in [-0.39, 0.29) is 22.7 Å². The van der Waals surface area contributed by atoms with Crippen molar-refractivity contribution < 1.29 is 34.8 Å². The van der Waals surface area contributed by atoms with Gasteiger partial charge in [0.05, 0.1) is 53.4 Å². The molecule has 4 unspecified atom stereocenters. The third-order valence-corrected chi connectivity index (χ3v) is 13.8. The molecule has 2 fully saturated rings. The van der Waals surface area contributed by atoms with E-state index in [0.717, 1.165) is 71.4 Å². The van der Waals surface area contributed by atoms with Gasteiger partial charge in [-0.25, -0.2) is 14.8 Å². The number of aliphatic hydroxyl groups is 3. The minimum atomic E-state index is -1.14. The molecule has 62 heavy (non-hydrogen) atoms. The second-order valence-corrected chi connectivity index (χ2v) is 18.5. The zero-order valence-corrected chi connectivity index (χ0v) is 36.5. The summed E-state index contributed by atoms with van der Waals surface area (Å²) in [5.74, 6) is -0.330. The number of anilines is 2. The molecular weight excluding hydrogens is 809 g/mol. The van der Waals surface area contributed by atoms with E-state index in [9.17, 15) is 24.9 Å². The number of thiazole rings is 1. The monoisotopic (exact) mass is 866 g/mol. The van der Waals surface area contributed by atoms with E-state index in [1.165, 1.54) is 11.3 Å². The van der Waals surface area contributed by atoms with Crippen molar-refractivity contribution in [3.8, 4) is 11.1 Å². The van der Waals surface area contributed by atoms with Crippen LogP contribution in [0.4, 0.5) is 10.9 Å². The summed E-state index contributed by atoms with van der Waals surface area (Å²) in [5.41, 5.74) is 4.99. The van der Waals surface area contributed by atoms with Gasteiger partial charge in [-0.05, 0) is 86.5 Å². The highest BCUT2D eigenvalue weighted by Crippen LogP contribution is 2.52. The molecule has 8 rings (SSSR count). The average molecular weight is 867 g/mol. The number of hydrogen-bond donors (Lipinski definition) is 6. The van der Waals surface area contributed by atoms with Crippen molar-refractivity contribution in [2.75, 3.05) is 56.2 Å². The summed E-state index contributed by atoms with van der Waals surface area (Å²) in [7, 11) is 0. The highest BCUT2D eigenvalue weighted by molar-refractivity contribution is 7.22. The number of para-hydroxylation sites is 1. The average Bonchev–Trinajstić information content (AvgIpc) is 3.50. The van der Waals surface area contributed by atoms with Crippen molar-refractivity contribution in [2.45, 2.75) is 95.7 Å². The summed E-state index contributed by atoms with van der Waals surface area (Å²) in [6.45, 7) is 11.1. The number of pyridine rings is 1. The van der Waals surface area contributed by atoms with Crippen LogP contribution in [0.25, 0.3) is 21.3 Å². The van der Waals surface area contributed by atoms with Crippen LogP contribution in [-0.2, 0) is 24.2 Å². The van der Waals surface area contributed by atoms with Gasteiger partial charge < -0.3 is 35.4 Å². The first kappa shape index (κ1) is 43.8. The number of carboxylic acids is 1. The second kappa shape index (κ2) is 18.5. The lowest BCUT2D eigenvalue weighted by atomic mass is 9.83. The minimum absolute atomic E-state index is 0.0464. The fourth-order valence-electron chi connectivity index (χ4n) is 9.71. The zero-order valence-electron chi connectivity index (χ0n) is 35.7. The molecule has 15 nitrogen and oxygen atoms in total. The van der Waals surface area contributed by atoms with Crippen LogP contribution in [0.3, 0.4) is 0 Å². The topological polar surface area (TPSA) is 198 Å². The third kappa shape index (κ3) is 9.27. The summed E-state index contributed by atoms with van der Waals surface area (Å²) < 4.78 is 9.73. The van der Waals surface area contributed by atoms with E-state index >= 15 is 0 Å². The number of aromatic nitrogens is 4. The summed E-state index contributed by atoms with van der Waals surface area (Å²) >= 11 is 1.43. The molecule has 5 aromatic rings.